The van der Waals surface area contributed by atoms with Crippen LogP contribution in [0.3, 0.4) is 0 Å². The third-order valence-corrected chi connectivity index (χ3v) is 3.76. The van der Waals surface area contributed by atoms with E-state index in [9.17, 15) is 5.26 Å². The molecule has 5 heteroatoms. The van der Waals surface area contributed by atoms with E-state index in [0.29, 0.717) is 11.3 Å². The lowest BCUT2D eigenvalue weighted by molar-refractivity contribution is 0.394. The summed E-state index contributed by atoms with van der Waals surface area (Å²) in [6.07, 6.45) is 3.42. The van der Waals surface area contributed by atoms with Gasteiger partial charge in [0.05, 0.1) is 5.92 Å². The number of nitrogens with two attached hydrogens (primary N) is 1. The molecule has 0 radical (unpaired) electrons. The van der Waals surface area contributed by atoms with Crippen molar-refractivity contribution in [2.75, 3.05) is 19.0 Å². The normalized spacial score (nSPS) is 16.5. The number of nitrogens with zero attached hydrogens (tertiary/aromatic N) is 3. The molecule has 2 heterocycles. The Balaban J connectivity index is 2.18. The van der Waals surface area contributed by atoms with Gasteiger partial charge in [-0.2, -0.15) is 5.26 Å². The van der Waals surface area contributed by atoms with Gasteiger partial charge in [0, 0.05) is 43.8 Å². The van der Waals surface area contributed by atoms with Gasteiger partial charge in [0.1, 0.15) is 17.4 Å². The van der Waals surface area contributed by atoms with Crippen molar-refractivity contribution in [3.8, 4) is 11.8 Å². The van der Waals surface area contributed by atoms with Crippen LogP contribution in [0.1, 0.15) is 17.0 Å². The third kappa shape index (κ3) is 2.25. The van der Waals surface area contributed by atoms with Crippen LogP contribution < -0.4 is 15.4 Å². The molecule has 1 aromatic carbocycles. The highest BCUT2D eigenvalue weighted by Gasteiger charge is 2.30. The van der Waals surface area contributed by atoms with Crippen LogP contribution in [-0.4, -0.2) is 19.1 Å². The number of allylic oxidation sites excluding steroid dienone is 1. The molecule has 5 nitrogen and oxygen atoms in total. The molecule has 0 amide bonds. The van der Waals surface area contributed by atoms with Gasteiger partial charge < -0.3 is 15.4 Å². The van der Waals surface area contributed by atoms with Crippen LogP contribution >= 0.6 is 0 Å². The molecule has 0 bridgehead atoms. The van der Waals surface area contributed by atoms with E-state index in [2.05, 4.69) is 11.1 Å². The van der Waals surface area contributed by atoms with E-state index in [4.69, 9.17) is 10.5 Å². The second-order valence-electron chi connectivity index (χ2n) is 5.32. The predicted molar refractivity (Wildman–Crippen MR) is 84.3 cm³/mol. The lowest BCUT2D eigenvalue weighted by Gasteiger charge is -2.27. The van der Waals surface area contributed by atoms with Gasteiger partial charge in [-0.05, 0) is 23.8 Å². The number of hydrogen-bond donors (Lipinski definition) is 1. The van der Waals surface area contributed by atoms with Gasteiger partial charge in [-0.1, -0.05) is 6.07 Å². The minimum atomic E-state index is -0.229. The van der Waals surface area contributed by atoms with Crippen LogP contribution in [0.25, 0.3) is 0 Å². The minimum absolute atomic E-state index is 0.160. The van der Waals surface area contributed by atoms with Crippen LogP contribution in [0.5, 0.6) is 5.75 Å². The average Bonchev–Trinajstić information content (AvgIpc) is 2.53. The summed E-state index contributed by atoms with van der Waals surface area (Å²) in [5.74, 6) is 0.616. The van der Waals surface area contributed by atoms with E-state index in [0.717, 1.165) is 16.8 Å². The molecule has 0 spiro atoms. The Labute approximate surface area is 129 Å². The molecule has 0 saturated carbocycles. The molecule has 0 aliphatic carbocycles. The van der Waals surface area contributed by atoms with Crippen LogP contribution in [-0.2, 0) is 0 Å². The van der Waals surface area contributed by atoms with Crippen molar-refractivity contribution >= 4 is 5.69 Å². The molecule has 0 unspecified atom stereocenters. The Morgan fingerprint density at radius 3 is 2.59 bits per heavy atom. The van der Waals surface area contributed by atoms with Gasteiger partial charge in [-0.3, -0.25) is 4.98 Å². The number of pyridine rings is 1. The third-order valence-electron chi connectivity index (χ3n) is 3.76. The number of rotatable bonds is 2. The summed E-state index contributed by atoms with van der Waals surface area (Å²) in [6, 6.07) is 11.9. The maximum atomic E-state index is 9.47. The van der Waals surface area contributed by atoms with E-state index in [1.807, 2.05) is 49.3 Å². The zero-order valence-electron chi connectivity index (χ0n) is 12.4. The fourth-order valence-corrected chi connectivity index (χ4v) is 2.62. The Hall–Kier alpha value is -3.00. The van der Waals surface area contributed by atoms with Crippen molar-refractivity contribution in [3.05, 3.63) is 65.3 Å². The van der Waals surface area contributed by atoms with E-state index >= 15 is 0 Å². The summed E-state index contributed by atoms with van der Waals surface area (Å²) in [5, 5.41) is 9.47. The van der Waals surface area contributed by atoms with Crippen LogP contribution in [0.2, 0.25) is 0 Å². The number of benzene rings is 1. The highest BCUT2D eigenvalue weighted by atomic mass is 16.5. The first-order valence-corrected chi connectivity index (χ1v) is 6.90. The first-order chi connectivity index (χ1) is 10.6. The Kier molecular flexibility index (Phi) is 3.43. The highest BCUT2D eigenvalue weighted by Crippen LogP contribution is 2.43. The summed E-state index contributed by atoms with van der Waals surface area (Å²) in [7, 11) is 3.93. The van der Waals surface area contributed by atoms with Crippen molar-refractivity contribution in [3.63, 3.8) is 0 Å². The molecule has 1 aromatic heterocycles. The van der Waals surface area contributed by atoms with E-state index in [1.165, 1.54) is 0 Å². The minimum Gasteiger partial charge on any atom is -0.440 e. The molecule has 1 aliphatic rings. The smallest absolute Gasteiger partial charge is 0.205 e. The quantitative estimate of drug-likeness (QED) is 0.919. The summed E-state index contributed by atoms with van der Waals surface area (Å²) >= 11 is 0. The lowest BCUT2D eigenvalue weighted by atomic mass is 9.84. The van der Waals surface area contributed by atoms with Gasteiger partial charge in [0.15, 0.2) is 0 Å². The number of hydrogen-bond acceptors (Lipinski definition) is 5. The van der Waals surface area contributed by atoms with Crippen molar-refractivity contribution in [1.82, 2.24) is 4.98 Å². The predicted octanol–water partition coefficient (Wildman–Crippen LogP) is 2.37. The zero-order valence-corrected chi connectivity index (χ0v) is 12.4. The molecule has 2 N–H and O–H groups in total. The van der Waals surface area contributed by atoms with Gasteiger partial charge in [0.2, 0.25) is 5.88 Å². The first-order valence-electron chi connectivity index (χ1n) is 6.90. The molecule has 110 valence electrons. The fraction of sp³-hybridized carbons (Fsp3) is 0.176. The Morgan fingerprint density at radius 1 is 1.23 bits per heavy atom. The summed E-state index contributed by atoms with van der Waals surface area (Å²) in [4.78, 5) is 6.03. The van der Waals surface area contributed by atoms with Crippen LogP contribution in [0.4, 0.5) is 5.69 Å². The number of ether oxygens (including phenoxy) is 1. The Bertz CT molecular complexity index is 775. The molecule has 0 saturated heterocycles. The van der Waals surface area contributed by atoms with E-state index in [-0.39, 0.29) is 11.8 Å². The number of nitriles is 1. The number of fused-ring (bicyclic) bond motifs is 1. The molecule has 22 heavy (non-hydrogen) atoms. The monoisotopic (exact) mass is 292 g/mol. The maximum absolute atomic E-state index is 9.47. The SMILES string of the molecule is CN(C)c1ccc2c(c1)OC(N)=C(C#N)[C@H]2c1ccncc1. The van der Waals surface area contributed by atoms with Gasteiger partial charge in [-0.15, -0.1) is 0 Å². The molecule has 2 aromatic rings. The highest BCUT2D eigenvalue weighted by molar-refractivity contribution is 5.61. The summed E-state index contributed by atoms with van der Waals surface area (Å²) in [5.41, 5.74) is 9.31. The van der Waals surface area contributed by atoms with Crippen molar-refractivity contribution in [1.29, 1.82) is 5.26 Å². The largest absolute Gasteiger partial charge is 0.440 e. The topological polar surface area (TPSA) is 75.2 Å². The molecular formula is C17H16N4O. The fourth-order valence-electron chi connectivity index (χ4n) is 2.62. The second-order valence-corrected chi connectivity index (χ2v) is 5.32. The Morgan fingerprint density at radius 2 is 1.95 bits per heavy atom. The molecular weight excluding hydrogens is 276 g/mol. The van der Waals surface area contributed by atoms with Crippen LogP contribution in [0.15, 0.2) is 54.2 Å². The summed E-state index contributed by atoms with van der Waals surface area (Å²) < 4.78 is 5.67. The molecule has 3 rings (SSSR count). The lowest BCUT2D eigenvalue weighted by Crippen LogP contribution is -2.21. The average molecular weight is 292 g/mol. The standard InChI is InChI=1S/C17H16N4O/c1-21(2)12-3-4-13-15(9-12)22-17(19)14(10-18)16(13)11-5-7-20-8-6-11/h3-9,16H,19H2,1-2H3/t16-/m0/s1. The molecule has 0 fully saturated rings. The van der Waals surface area contributed by atoms with Crippen molar-refractivity contribution < 1.29 is 4.74 Å². The van der Waals surface area contributed by atoms with E-state index < -0.39 is 0 Å². The number of aromatic nitrogens is 1. The zero-order chi connectivity index (χ0) is 15.7. The summed E-state index contributed by atoms with van der Waals surface area (Å²) in [6.45, 7) is 0. The van der Waals surface area contributed by atoms with Gasteiger partial charge in [-0.25, -0.2) is 0 Å². The van der Waals surface area contributed by atoms with Gasteiger partial charge >= 0.3 is 0 Å². The molecule has 1 atom stereocenters. The molecule has 1 aliphatic heterocycles. The van der Waals surface area contributed by atoms with Crippen molar-refractivity contribution in [2.45, 2.75) is 5.92 Å². The number of anilines is 1. The van der Waals surface area contributed by atoms with Gasteiger partial charge in [0.25, 0.3) is 0 Å². The second kappa shape index (κ2) is 5.41. The maximum Gasteiger partial charge on any atom is 0.205 e. The van der Waals surface area contributed by atoms with Crippen LogP contribution in [0, 0.1) is 11.3 Å². The van der Waals surface area contributed by atoms with Crippen molar-refractivity contribution in [2.24, 2.45) is 5.73 Å². The van der Waals surface area contributed by atoms with E-state index in [1.54, 1.807) is 12.4 Å². The first kappa shape index (κ1) is 14.0.